The zero-order valence-corrected chi connectivity index (χ0v) is 15.3. The smallest absolute Gasteiger partial charge is 0.176 e. The first kappa shape index (κ1) is 17.1. The number of nitrogens with zero attached hydrogens (tertiary/aromatic N) is 3. The maximum absolute atomic E-state index is 12.6. The lowest BCUT2D eigenvalue weighted by Crippen LogP contribution is -2.30. The van der Waals surface area contributed by atoms with Crippen LogP contribution in [0.3, 0.4) is 0 Å². The van der Waals surface area contributed by atoms with Crippen LogP contribution in [-0.2, 0) is 4.79 Å². The van der Waals surface area contributed by atoms with Gasteiger partial charge in [0.1, 0.15) is 5.78 Å². The second kappa shape index (κ2) is 7.35. The molecule has 1 aliphatic rings. The zero-order valence-electron chi connectivity index (χ0n) is 12.2. The lowest BCUT2D eigenvalue weighted by molar-refractivity contribution is -0.123. The van der Waals surface area contributed by atoms with Crippen LogP contribution >= 0.6 is 31.9 Å². The molecule has 0 amide bonds. The lowest BCUT2D eigenvalue weighted by Gasteiger charge is -2.27. The van der Waals surface area contributed by atoms with E-state index in [0.29, 0.717) is 22.4 Å². The Morgan fingerprint density at radius 3 is 2.59 bits per heavy atom. The summed E-state index contributed by atoms with van der Waals surface area (Å²) in [6.45, 7) is 0. The third-order valence-electron chi connectivity index (χ3n) is 3.79. The summed E-state index contributed by atoms with van der Waals surface area (Å²) in [5, 5.41) is 3.62. The number of ketones is 1. The van der Waals surface area contributed by atoms with Crippen molar-refractivity contribution in [2.45, 2.75) is 31.2 Å². The van der Waals surface area contributed by atoms with Gasteiger partial charge >= 0.3 is 0 Å². The highest BCUT2D eigenvalue weighted by atomic mass is 79.9. The molecule has 0 saturated heterocycles. The van der Waals surface area contributed by atoms with Gasteiger partial charge in [0.25, 0.3) is 0 Å². The molecule has 0 heterocycles. The van der Waals surface area contributed by atoms with Gasteiger partial charge in [-0.1, -0.05) is 11.5 Å². The molecule has 0 N–H and O–H groups in total. The Balaban J connectivity index is 2.50. The van der Waals surface area contributed by atoms with Gasteiger partial charge in [0.2, 0.25) is 0 Å². The van der Waals surface area contributed by atoms with Crippen molar-refractivity contribution in [1.82, 2.24) is 0 Å². The molecule has 1 aliphatic carbocycles. The number of hydrogen-bond donors (Lipinski definition) is 0. The van der Waals surface area contributed by atoms with Gasteiger partial charge < -0.3 is 9.47 Å². The summed E-state index contributed by atoms with van der Waals surface area (Å²) in [5.74, 6) is 0.734. The minimum atomic E-state index is -0.595. The monoisotopic (exact) mass is 431 g/mol. The van der Waals surface area contributed by atoms with Crippen molar-refractivity contribution in [3.63, 3.8) is 0 Å². The SMILES string of the molecule is COc1cc(C2CCCC(N=[N+]=[N-])C2=O)c(Br)c(Br)c1OC. The van der Waals surface area contributed by atoms with Gasteiger partial charge in [-0.2, -0.15) is 0 Å². The Bertz CT molecular complexity index is 645. The van der Waals surface area contributed by atoms with E-state index in [1.807, 2.05) is 0 Å². The molecule has 0 aromatic heterocycles. The van der Waals surface area contributed by atoms with E-state index in [1.165, 1.54) is 0 Å². The van der Waals surface area contributed by atoms with Crippen molar-refractivity contribution in [1.29, 1.82) is 0 Å². The first-order chi connectivity index (χ1) is 10.5. The van der Waals surface area contributed by atoms with Crippen molar-refractivity contribution in [3.8, 4) is 11.5 Å². The van der Waals surface area contributed by atoms with E-state index in [4.69, 9.17) is 15.0 Å². The lowest BCUT2D eigenvalue weighted by atomic mass is 9.80. The molecule has 0 bridgehead atoms. The van der Waals surface area contributed by atoms with Crippen LogP contribution in [0.15, 0.2) is 20.1 Å². The molecule has 2 atom stereocenters. The van der Waals surface area contributed by atoms with Crippen LogP contribution in [0.25, 0.3) is 10.4 Å². The maximum Gasteiger partial charge on any atom is 0.176 e. The number of benzene rings is 1. The summed E-state index contributed by atoms with van der Waals surface area (Å²) in [7, 11) is 3.10. The summed E-state index contributed by atoms with van der Waals surface area (Å²) >= 11 is 6.99. The first-order valence-corrected chi connectivity index (χ1v) is 8.31. The van der Waals surface area contributed by atoms with E-state index >= 15 is 0 Å². The molecule has 2 rings (SSSR count). The van der Waals surface area contributed by atoms with Crippen LogP contribution in [0, 0.1) is 0 Å². The van der Waals surface area contributed by atoms with Crippen LogP contribution in [0.5, 0.6) is 11.5 Å². The predicted molar refractivity (Wildman–Crippen MR) is 89.5 cm³/mol. The topological polar surface area (TPSA) is 84.3 Å². The number of rotatable bonds is 4. The van der Waals surface area contributed by atoms with Gasteiger partial charge in [-0.05, 0) is 61.9 Å². The Labute approximate surface area is 145 Å². The quantitative estimate of drug-likeness (QED) is 0.391. The molecular formula is C14H15Br2N3O3. The summed E-state index contributed by atoms with van der Waals surface area (Å²) in [6, 6.07) is 1.21. The third-order valence-corrected chi connectivity index (χ3v) is 5.93. The fourth-order valence-corrected chi connectivity index (χ4v) is 3.87. The fraction of sp³-hybridized carbons (Fsp3) is 0.500. The molecule has 1 fully saturated rings. The number of Topliss-reactive ketones (excluding diaryl/α,β-unsaturated/α-hetero) is 1. The molecule has 1 aromatic carbocycles. The van der Waals surface area contributed by atoms with Crippen molar-refractivity contribution in [2.75, 3.05) is 14.2 Å². The number of azide groups is 1. The first-order valence-electron chi connectivity index (χ1n) is 6.72. The van der Waals surface area contributed by atoms with Crippen LogP contribution in [-0.4, -0.2) is 26.0 Å². The number of ether oxygens (including phenoxy) is 2. The van der Waals surface area contributed by atoms with E-state index in [1.54, 1.807) is 20.3 Å². The average molecular weight is 433 g/mol. The second-order valence-corrected chi connectivity index (χ2v) is 6.52. The average Bonchev–Trinajstić information content (AvgIpc) is 2.52. The number of carbonyl (C=O) groups excluding carboxylic acids is 1. The minimum Gasteiger partial charge on any atom is -0.493 e. The highest BCUT2D eigenvalue weighted by Crippen LogP contribution is 2.46. The van der Waals surface area contributed by atoms with Crippen molar-refractivity contribution < 1.29 is 14.3 Å². The number of hydrogen-bond acceptors (Lipinski definition) is 4. The maximum atomic E-state index is 12.6. The van der Waals surface area contributed by atoms with E-state index in [2.05, 4.69) is 41.9 Å². The van der Waals surface area contributed by atoms with Crippen molar-refractivity contribution in [2.24, 2.45) is 5.11 Å². The highest BCUT2D eigenvalue weighted by molar-refractivity contribution is 9.13. The molecule has 0 spiro atoms. The van der Waals surface area contributed by atoms with E-state index < -0.39 is 6.04 Å². The second-order valence-electron chi connectivity index (χ2n) is 4.94. The molecular weight excluding hydrogens is 418 g/mol. The number of methoxy groups -OCH3 is 2. The van der Waals surface area contributed by atoms with E-state index in [9.17, 15) is 4.79 Å². The summed E-state index contributed by atoms with van der Waals surface area (Å²) in [4.78, 5) is 15.3. The van der Waals surface area contributed by atoms with Gasteiger partial charge in [0, 0.05) is 15.3 Å². The molecule has 1 saturated carbocycles. The van der Waals surface area contributed by atoms with Gasteiger partial charge in [-0.15, -0.1) is 0 Å². The van der Waals surface area contributed by atoms with Gasteiger partial charge in [0.05, 0.1) is 24.7 Å². The summed E-state index contributed by atoms with van der Waals surface area (Å²) in [5.41, 5.74) is 9.41. The van der Waals surface area contributed by atoms with Gasteiger partial charge in [-0.3, -0.25) is 4.79 Å². The summed E-state index contributed by atoms with van der Waals surface area (Å²) in [6.07, 6.45) is 2.15. The van der Waals surface area contributed by atoms with Gasteiger partial charge in [0.15, 0.2) is 11.5 Å². The molecule has 0 radical (unpaired) electrons. The normalized spacial score (nSPS) is 21.2. The number of halogens is 2. The van der Waals surface area contributed by atoms with E-state index in [0.717, 1.165) is 22.9 Å². The predicted octanol–water partition coefficient (Wildman–Crippen LogP) is 4.74. The van der Waals surface area contributed by atoms with Gasteiger partial charge in [-0.25, -0.2) is 0 Å². The molecule has 1 aromatic rings. The Morgan fingerprint density at radius 2 is 2.00 bits per heavy atom. The van der Waals surface area contributed by atoms with Crippen molar-refractivity contribution in [3.05, 3.63) is 31.0 Å². The minimum absolute atomic E-state index is 0.0520. The van der Waals surface area contributed by atoms with Crippen molar-refractivity contribution >= 4 is 37.6 Å². The highest BCUT2D eigenvalue weighted by Gasteiger charge is 2.34. The largest absolute Gasteiger partial charge is 0.493 e. The molecule has 2 unspecified atom stereocenters. The Hall–Kier alpha value is -1.24. The molecule has 0 aliphatic heterocycles. The molecule has 6 nitrogen and oxygen atoms in total. The zero-order chi connectivity index (χ0) is 16.3. The molecule has 8 heteroatoms. The molecule has 22 heavy (non-hydrogen) atoms. The summed E-state index contributed by atoms with van der Waals surface area (Å²) < 4.78 is 12.1. The number of carbonyl (C=O) groups is 1. The Kier molecular flexibility index (Phi) is 5.72. The fourth-order valence-electron chi connectivity index (χ4n) is 2.72. The molecule has 118 valence electrons. The standard InChI is InChI=1S/C14H15Br2N3O3/c1-21-10-6-8(11(15)12(16)14(10)22-2)7-4-3-5-9(13(7)20)18-19-17/h6-7,9H,3-5H2,1-2H3. The van der Waals surface area contributed by atoms with Crippen LogP contribution < -0.4 is 9.47 Å². The van der Waals surface area contributed by atoms with Crippen LogP contribution in [0.1, 0.15) is 30.7 Å². The van der Waals surface area contributed by atoms with Crippen LogP contribution in [0.2, 0.25) is 0 Å². The van der Waals surface area contributed by atoms with Crippen LogP contribution in [0.4, 0.5) is 0 Å². The Morgan fingerprint density at radius 1 is 1.27 bits per heavy atom. The third kappa shape index (κ3) is 3.09. The van der Waals surface area contributed by atoms with E-state index in [-0.39, 0.29) is 11.7 Å².